The van der Waals surface area contributed by atoms with Gasteiger partial charge in [-0.15, -0.1) is 0 Å². The molecule has 0 spiro atoms. The highest BCUT2D eigenvalue weighted by molar-refractivity contribution is 5.91. The molecule has 3 fully saturated rings. The Bertz CT molecular complexity index is 549. The molecule has 3 heteroatoms. The Balaban J connectivity index is 1.68. The van der Waals surface area contributed by atoms with Gasteiger partial charge in [-0.2, -0.15) is 0 Å². The molecular weight excluding hydrogens is 276 g/mol. The van der Waals surface area contributed by atoms with Crippen LogP contribution in [-0.4, -0.2) is 22.8 Å². The van der Waals surface area contributed by atoms with Crippen molar-refractivity contribution in [3.8, 4) is 0 Å². The summed E-state index contributed by atoms with van der Waals surface area (Å²) < 4.78 is 0. The van der Waals surface area contributed by atoms with Gasteiger partial charge in [0.15, 0.2) is 5.78 Å². The van der Waals surface area contributed by atoms with E-state index in [1.165, 1.54) is 5.57 Å². The molecule has 4 aliphatic carbocycles. The predicted molar refractivity (Wildman–Crippen MR) is 83.1 cm³/mol. The van der Waals surface area contributed by atoms with Crippen molar-refractivity contribution < 1.29 is 14.7 Å². The molecule has 0 saturated heterocycles. The van der Waals surface area contributed by atoms with E-state index in [1.807, 2.05) is 6.08 Å². The van der Waals surface area contributed by atoms with Gasteiger partial charge in [0.05, 0.1) is 6.10 Å². The number of allylic oxidation sites excluding steroid dienone is 1. The van der Waals surface area contributed by atoms with E-state index in [-0.39, 0.29) is 11.3 Å². The van der Waals surface area contributed by atoms with E-state index in [4.69, 9.17) is 0 Å². The van der Waals surface area contributed by atoms with Crippen molar-refractivity contribution in [3.63, 3.8) is 0 Å². The maximum absolute atomic E-state index is 12.6. The third kappa shape index (κ3) is 1.84. The Hall–Kier alpha value is -0.960. The Kier molecular flexibility index (Phi) is 3.34. The zero-order valence-corrected chi connectivity index (χ0v) is 13.4. The first-order valence-electron chi connectivity index (χ1n) is 9.01. The number of aliphatic hydroxyl groups is 1. The molecule has 0 radical (unpaired) electrons. The van der Waals surface area contributed by atoms with Gasteiger partial charge >= 0.3 is 0 Å². The van der Waals surface area contributed by atoms with Gasteiger partial charge in [0.2, 0.25) is 0 Å². The molecule has 22 heavy (non-hydrogen) atoms. The average Bonchev–Trinajstić information content (AvgIpc) is 2.78. The molecule has 1 N–H and O–H groups in total. The Morgan fingerprint density at radius 2 is 2.00 bits per heavy atom. The maximum Gasteiger partial charge on any atom is 0.155 e. The SMILES string of the molecule is CCC12CC[C@H]3[C@@H](CCC4=CC(=O)CC[C@@H]43)[C@@H]1[C@@H](O)CC2=O. The number of carbonyl (C=O) groups is 2. The smallest absolute Gasteiger partial charge is 0.155 e. The molecule has 1 unspecified atom stereocenters. The second-order valence-corrected chi connectivity index (χ2v) is 7.97. The van der Waals surface area contributed by atoms with Crippen LogP contribution in [0.1, 0.15) is 58.3 Å². The molecule has 6 atom stereocenters. The van der Waals surface area contributed by atoms with E-state index >= 15 is 0 Å². The van der Waals surface area contributed by atoms with Crippen LogP contribution in [0.25, 0.3) is 0 Å². The van der Waals surface area contributed by atoms with Crippen LogP contribution < -0.4 is 0 Å². The zero-order valence-electron chi connectivity index (χ0n) is 13.4. The summed E-state index contributed by atoms with van der Waals surface area (Å²) in [5, 5.41) is 10.6. The molecule has 4 aliphatic rings. The lowest BCUT2D eigenvalue weighted by atomic mass is 9.51. The van der Waals surface area contributed by atoms with Crippen molar-refractivity contribution in [1.82, 2.24) is 0 Å². The molecular formula is C19H26O3. The molecule has 4 rings (SSSR count). The van der Waals surface area contributed by atoms with Crippen LogP contribution in [0.3, 0.4) is 0 Å². The van der Waals surface area contributed by atoms with Crippen LogP contribution in [0.4, 0.5) is 0 Å². The first-order chi connectivity index (χ1) is 10.6. The second kappa shape index (κ2) is 5.02. The molecule has 0 amide bonds. The summed E-state index contributed by atoms with van der Waals surface area (Å²) in [4.78, 5) is 24.2. The molecule has 0 aromatic carbocycles. The van der Waals surface area contributed by atoms with Crippen molar-refractivity contribution in [3.05, 3.63) is 11.6 Å². The van der Waals surface area contributed by atoms with Crippen molar-refractivity contribution in [2.75, 3.05) is 0 Å². The van der Waals surface area contributed by atoms with Gasteiger partial charge in [0.25, 0.3) is 0 Å². The quantitative estimate of drug-likeness (QED) is 0.810. The first-order valence-corrected chi connectivity index (χ1v) is 9.01. The molecule has 0 aromatic heterocycles. The van der Waals surface area contributed by atoms with E-state index in [0.717, 1.165) is 38.5 Å². The summed E-state index contributed by atoms with van der Waals surface area (Å²) in [6.07, 6.45) is 8.48. The van der Waals surface area contributed by atoms with E-state index in [0.29, 0.717) is 42.2 Å². The van der Waals surface area contributed by atoms with Crippen LogP contribution in [0, 0.1) is 29.1 Å². The third-order valence-corrected chi connectivity index (χ3v) is 7.38. The Morgan fingerprint density at radius 1 is 1.18 bits per heavy atom. The van der Waals surface area contributed by atoms with E-state index in [1.54, 1.807) is 0 Å². The van der Waals surface area contributed by atoms with Crippen LogP contribution in [-0.2, 0) is 9.59 Å². The number of rotatable bonds is 1. The van der Waals surface area contributed by atoms with E-state index < -0.39 is 6.10 Å². The highest BCUT2D eigenvalue weighted by atomic mass is 16.3. The van der Waals surface area contributed by atoms with E-state index in [9.17, 15) is 14.7 Å². The Morgan fingerprint density at radius 3 is 2.77 bits per heavy atom. The number of ketones is 2. The standard InChI is InChI=1S/C19H26O3/c1-2-19-8-7-14-13-6-4-12(20)9-11(13)3-5-15(14)18(19)16(21)10-17(19)22/h9,13-16,18,21H,2-8,10H2,1H3/t13-,14+,15+,16-,18+,19?/m0/s1. The minimum Gasteiger partial charge on any atom is -0.392 e. The van der Waals surface area contributed by atoms with Gasteiger partial charge in [0, 0.05) is 24.2 Å². The minimum absolute atomic E-state index is 0.169. The van der Waals surface area contributed by atoms with Crippen LogP contribution in [0.2, 0.25) is 0 Å². The Labute approximate surface area is 132 Å². The summed E-state index contributed by atoms with van der Waals surface area (Å²) in [6.45, 7) is 2.12. The van der Waals surface area contributed by atoms with Gasteiger partial charge in [-0.3, -0.25) is 9.59 Å². The van der Waals surface area contributed by atoms with Crippen LogP contribution in [0.5, 0.6) is 0 Å². The monoisotopic (exact) mass is 302 g/mol. The fourth-order valence-corrected chi connectivity index (χ4v) is 6.43. The van der Waals surface area contributed by atoms with Gasteiger partial charge in [-0.05, 0) is 62.4 Å². The fraction of sp³-hybridized carbons (Fsp3) is 0.789. The molecule has 120 valence electrons. The molecule has 3 nitrogen and oxygen atoms in total. The highest BCUT2D eigenvalue weighted by Gasteiger charge is 2.60. The predicted octanol–water partition coefficient (Wildman–Crippen LogP) is 3.06. The van der Waals surface area contributed by atoms with Gasteiger partial charge in [-0.25, -0.2) is 0 Å². The van der Waals surface area contributed by atoms with Crippen molar-refractivity contribution in [2.24, 2.45) is 29.1 Å². The number of hydrogen-bond donors (Lipinski definition) is 1. The number of Topliss-reactive ketones (excluding diaryl/α,β-unsaturated/α-hetero) is 1. The number of hydrogen-bond acceptors (Lipinski definition) is 3. The summed E-state index contributed by atoms with van der Waals surface area (Å²) in [7, 11) is 0. The first kappa shape index (κ1) is 14.6. The zero-order chi connectivity index (χ0) is 15.5. The molecule has 0 aromatic rings. The summed E-state index contributed by atoms with van der Waals surface area (Å²) in [6, 6.07) is 0. The number of carbonyl (C=O) groups excluding carboxylic acids is 2. The van der Waals surface area contributed by atoms with Gasteiger partial charge in [0.1, 0.15) is 5.78 Å². The minimum atomic E-state index is -0.434. The average molecular weight is 302 g/mol. The molecule has 0 aliphatic heterocycles. The maximum atomic E-state index is 12.6. The largest absolute Gasteiger partial charge is 0.392 e. The molecule has 0 bridgehead atoms. The number of aliphatic hydroxyl groups excluding tert-OH is 1. The lowest BCUT2D eigenvalue weighted by Crippen LogP contribution is -2.49. The summed E-state index contributed by atoms with van der Waals surface area (Å²) in [5.41, 5.74) is 1.12. The summed E-state index contributed by atoms with van der Waals surface area (Å²) >= 11 is 0. The van der Waals surface area contributed by atoms with Crippen molar-refractivity contribution in [1.29, 1.82) is 0 Å². The second-order valence-electron chi connectivity index (χ2n) is 7.97. The van der Waals surface area contributed by atoms with E-state index in [2.05, 4.69) is 6.92 Å². The lowest BCUT2D eigenvalue weighted by molar-refractivity contribution is -0.134. The summed E-state index contributed by atoms with van der Waals surface area (Å²) in [5.74, 6) is 2.37. The van der Waals surface area contributed by atoms with Crippen molar-refractivity contribution >= 4 is 11.6 Å². The number of fused-ring (bicyclic) bond motifs is 5. The van der Waals surface area contributed by atoms with Crippen molar-refractivity contribution in [2.45, 2.75) is 64.4 Å². The molecule has 0 heterocycles. The lowest BCUT2D eigenvalue weighted by Gasteiger charge is -2.53. The normalized spacial score (nSPS) is 47.5. The topological polar surface area (TPSA) is 54.4 Å². The van der Waals surface area contributed by atoms with Gasteiger partial charge < -0.3 is 5.11 Å². The third-order valence-electron chi connectivity index (χ3n) is 7.38. The van der Waals surface area contributed by atoms with Crippen LogP contribution in [0.15, 0.2) is 11.6 Å². The van der Waals surface area contributed by atoms with Gasteiger partial charge in [-0.1, -0.05) is 12.5 Å². The fourth-order valence-electron chi connectivity index (χ4n) is 6.43. The highest BCUT2D eigenvalue weighted by Crippen LogP contribution is 2.61. The van der Waals surface area contributed by atoms with Crippen LogP contribution >= 0.6 is 0 Å². The molecule has 3 saturated carbocycles.